The van der Waals surface area contributed by atoms with Gasteiger partial charge >= 0.3 is 0 Å². The normalized spacial score (nSPS) is 15.4. The molecule has 0 unspecified atom stereocenters. The number of pyridine rings is 1. The second-order valence-electron chi connectivity index (χ2n) is 4.16. The van der Waals surface area contributed by atoms with Gasteiger partial charge in [-0.05, 0) is 24.8 Å². The van der Waals surface area contributed by atoms with E-state index in [0.717, 1.165) is 23.8 Å². The average Bonchev–Trinajstić information content (AvgIpc) is 3.01. The Balaban J connectivity index is 2.17. The Hall–Kier alpha value is -1.16. The quantitative estimate of drug-likeness (QED) is 0.817. The molecule has 1 aromatic rings. The lowest BCUT2D eigenvalue weighted by Crippen LogP contribution is -2.23. The van der Waals surface area contributed by atoms with E-state index >= 15 is 0 Å². The minimum absolute atomic E-state index is 0.320. The lowest BCUT2D eigenvalue weighted by Gasteiger charge is -2.20. The molecule has 0 amide bonds. The first-order valence-electron chi connectivity index (χ1n) is 5.26. The smallest absolute Gasteiger partial charge is 0.141 e. The van der Waals surface area contributed by atoms with Crippen molar-refractivity contribution in [3.63, 3.8) is 0 Å². The third-order valence-corrected chi connectivity index (χ3v) is 2.72. The van der Waals surface area contributed by atoms with E-state index in [9.17, 15) is 4.39 Å². The Morgan fingerprint density at radius 2 is 2.33 bits per heavy atom. The molecule has 0 radical (unpaired) electrons. The lowest BCUT2D eigenvalue weighted by molar-refractivity contribution is 0.617. The Bertz CT molecular complexity index is 350. The monoisotopic (exact) mass is 209 g/mol. The van der Waals surface area contributed by atoms with Crippen LogP contribution in [0.1, 0.15) is 18.4 Å². The summed E-state index contributed by atoms with van der Waals surface area (Å²) in [6.07, 6.45) is 3.84. The van der Waals surface area contributed by atoms with E-state index in [2.05, 4.69) is 9.88 Å². The molecular weight excluding hydrogens is 193 g/mol. The highest BCUT2D eigenvalue weighted by Crippen LogP contribution is 2.31. The van der Waals surface area contributed by atoms with Crippen LogP contribution < -0.4 is 10.6 Å². The molecule has 2 N–H and O–H groups in total. The number of rotatable bonds is 4. The number of nitrogens with zero attached hydrogens (tertiary/aromatic N) is 2. The van der Waals surface area contributed by atoms with Crippen LogP contribution >= 0.6 is 0 Å². The van der Waals surface area contributed by atoms with Gasteiger partial charge in [0.25, 0.3) is 0 Å². The zero-order valence-corrected chi connectivity index (χ0v) is 8.91. The molecule has 0 aromatic carbocycles. The number of nitrogens with two attached hydrogens (primary N) is 1. The fraction of sp³-hybridized carbons (Fsp3) is 0.545. The Kier molecular flexibility index (Phi) is 2.86. The molecule has 1 aliphatic rings. The van der Waals surface area contributed by atoms with Crippen molar-refractivity contribution in [1.29, 1.82) is 0 Å². The SMILES string of the molecule is CN(CC1CC1)c1ncc(F)cc1CN. The molecule has 15 heavy (non-hydrogen) atoms. The fourth-order valence-electron chi connectivity index (χ4n) is 1.74. The predicted molar refractivity (Wildman–Crippen MR) is 58.1 cm³/mol. The molecule has 0 spiro atoms. The number of hydrogen-bond donors (Lipinski definition) is 1. The number of halogens is 1. The maximum Gasteiger partial charge on any atom is 0.141 e. The second kappa shape index (κ2) is 4.14. The van der Waals surface area contributed by atoms with Crippen LogP contribution in [0.2, 0.25) is 0 Å². The number of aromatic nitrogens is 1. The van der Waals surface area contributed by atoms with E-state index < -0.39 is 0 Å². The van der Waals surface area contributed by atoms with Crippen molar-refractivity contribution in [2.45, 2.75) is 19.4 Å². The molecule has 82 valence electrons. The molecule has 1 aliphatic carbocycles. The Morgan fingerprint density at radius 1 is 1.60 bits per heavy atom. The third kappa shape index (κ3) is 2.45. The van der Waals surface area contributed by atoms with Gasteiger partial charge < -0.3 is 10.6 Å². The number of hydrogen-bond acceptors (Lipinski definition) is 3. The van der Waals surface area contributed by atoms with E-state index in [1.54, 1.807) is 0 Å². The first-order chi connectivity index (χ1) is 7.20. The van der Waals surface area contributed by atoms with Gasteiger partial charge in [0, 0.05) is 25.7 Å². The van der Waals surface area contributed by atoms with Crippen LogP contribution in [0.3, 0.4) is 0 Å². The molecule has 1 heterocycles. The van der Waals surface area contributed by atoms with Gasteiger partial charge in [-0.1, -0.05) is 0 Å². The molecule has 0 atom stereocenters. The van der Waals surface area contributed by atoms with Gasteiger partial charge in [-0.3, -0.25) is 0 Å². The van der Waals surface area contributed by atoms with Crippen LogP contribution in [0.15, 0.2) is 12.3 Å². The molecule has 0 saturated heterocycles. The van der Waals surface area contributed by atoms with Crippen molar-refractivity contribution in [2.75, 3.05) is 18.5 Å². The van der Waals surface area contributed by atoms with Crippen molar-refractivity contribution in [3.05, 3.63) is 23.6 Å². The Labute approximate surface area is 89.1 Å². The van der Waals surface area contributed by atoms with Crippen molar-refractivity contribution in [3.8, 4) is 0 Å². The zero-order valence-electron chi connectivity index (χ0n) is 8.91. The van der Waals surface area contributed by atoms with Crippen LogP contribution in [0, 0.1) is 11.7 Å². The fourth-order valence-corrected chi connectivity index (χ4v) is 1.74. The van der Waals surface area contributed by atoms with E-state index in [1.807, 2.05) is 7.05 Å². The highest BCUT2D eigenvalue weighted by molar-refractivity contribution is 5.46. The molecule has 2 rings (SSSR count). The van der Waals surface area contributed by atoms with Gasteiger partial charge in [-0.25, -0.2) is 9.37 Å². The summed E-state index contributed by atoms with van der Waals surface area (Å²) in [7, 11) is 1.98. The zero-order chi connectivity index (χ0) is 10.8. The van der Waals surface area contributed by atoms with Gasteiger partial charge in [0.05, 0.1) is 6.20 Å². The van der Waals surface area contributed by atoms with Crippen molar-refractivity contribution in [2.24, 2.45) is 11.7 Å². The maximum absolute atomic E-state index is 12.9. The van der Waals surface area contributed by atoms with Crippen molar-refractivity contribution in [1.82, 2.24) is 4.98 Å². The summed E-state index contributed by atoms with van der Waals surface area (Å²) >= 11 is 0. The summed E-state index contributed by atoms with van der Waals surface area (Å²) in [5.74, 6) is 1.28. The summed E-state index contributed by atoms with van der Waals surface area (Å²) in [6, 6.07) is 1.46. The summed E-state index contributed by atoms with van der Waals surface area (Å²) in [5, 5.41) is 0. The molecule has 4 heteroatoms. The molecular formula is C11H16FN3. The lowest BCUT2D eigenvalue weighted by atomic mass is 10.2. The van der Waals surface area contributed by atoms with Crippen molar-refractivity contribution >= 4 is 5.82 Å². The predicted octanol–water partition coefficient (Wildman–Crippen LogP) is 1.53. The summed E-state index contributed by atoms with van der Waals surface area (Å²) < 4.78 is 12.9. The first-order valence-corrected chi connectivity index (χ1v) is 5.26. The molecule has 3 nitrogen and oxygen atoms in total. The van der Waals surface area contributed by atoms with Gasteiger partial charge in [-0.2, -0.15) is 0 Å². The molecule has 0 bridgehead atoms. The standard InChI is InChI=1S/C11H16FN3/c1-15(7-8-2-3-8)11-9(5-13)4-10(12)6-14-11/h4,6,8H,2-3,5,7,13H2,1H3. The van der Waals surface area contributed by atoms with Crippen LogP contribution in [0.5, 0.6) is 0 Å². The minimum atomic E-state index is -0.320. The molecule has 1 fully saturated rings. The topological polar surface area (TPSA) is 42.2 Å². The largest absolute Gasteiger partial charge is 0.359 e. The van der Waals surface area contributed by atoms with E-state index in [4.69, 9.17) is 5.73 Å². The second-order valence-corrected chi connectivity index (χ2v) is 4.16. The summed E-state index contributed by atoms with van der Waals surface area (Å²) in [6.45, 7) is 1.32. The van der Waals surface area contributed by atoms with E-state index in [1.165, 1.54) is 25.1 Å². The van der Waals surface area contributed by atoms with E-state index in [-0.39, 0.29) is 5.82 Å². The van der Waals surface area contributed by atoms with Gasteiger partial charge in [-0.15, -0.1) is 0 Å². The highest BCUT2D eigenvalue weighted by atomic mass is 19.1. The minimum Gasteiger partial charge on any atom is -0.359 e. The van der Waals surface area contributed by atoms with Crippen LogP contribution in [-0.4, -0.2) is 18.6 Å². The molecule has 1 saturated carbocycles. The van der Waals surface area contributed by atoms with Gasteiger partial charge in [0.1, 0.15) is 11.6 Å². The summed E-state index contributed by atoms with van der Waals surface area (Å²) in [4.78, 5) is 6.17. The Morgan fingerprint density at radius 3 is 2.93 bits per heavy atom. The molecule has 1 aromatic heterocycles. The first kappa shape index (κ1) is 10.4. The van der Waals surface area contributed by atoms with Gasteiger partial charge in [0.2, 0.25) is 0 Å². The van der Waals surface area contributed by atoms with Crippen LogP contribution in [0.25, 0.3) is 0 Å². The third-order valence-electron chi connectivity index (χ3n) is 2.72. The van der Waals surface area contributed by atoms with Crippen LogP contribution in [0.4, 0.5) is 10.2 Å². The van der Waals surface area contributed by atoms with Gasteiger partial charge in [0.15, 0.2) is 0 Å². The van der Waals surface area contributed by atoms with Crippen molar-refractivity contribution < 1.29 is 4.39 Å². The highest BCUT2D eigenvalue weighted by Gasteiger charge is 2.24. The summed E-state index contributed by atoms with van der Waals surface area (Å²) in [5.41, 5.74) is 6.35. The van der Waals surface area contributed by atoms with Crippen LogP contribution in [-0.2, 0) is 6.54 Å². The maximum atomic E-state index is 12.9. The van der Waals surface area contributed by atoms with E-state index in [0.29, 0.717) is 6.54 Å². The average molecular weight is 209 g/mol. The number of anilines is 1. The molecule has 0 aliphatic heterocycles.